The molecule has 0 fully saturated rings. The normalized spacial score (nSPS) is 14.3. The molecule has 0 saturated carbocycles. The third-order valence-electron chi connectivity index (χ3n) is 5.90. The van der Waals surface area contributed by atoms with Gasteiger partial charge in [-0.25, -0.2) is 4.99 Å². The van der Waals surface area contributed by atoms with Crippen LogP contribution in [0, 0.1) is 13.8 Å². The molecule has 0 aromatic heterocycles. The Kier molecular flexibility index (Phi) is 8.14. The number of carbonyl (C=O) groups is 2. The SMILES string of the molecule is COc1ccc(/C=C2/N=C(SCC(=O)Nc3ccccc3C(C)C)N(c3cc(C)cc(C)c3)C2=O)cc1. The summed E-state index contributed by atoms with van der Waals surface area (Å²) >= 11 is 1.25. The summed E-state index contributed by atoms with van der Waals surface area (Å²) in [5.41, 5.74) is 5.86. The van der Waals surface area contributed by atoms with Crippen molar-refractivity contribution >= 4 is 46.2 Å². The van der Waals surface area contributed by atoms with Gasteiger partial charge >= 0.3 is 0 Å². The molecule has 1 aliphatic heterocycles. The molecule has 0 radical (unpaired) electrons. The van der Waals surface area contributed by atoms with Gasteiger partial charge in [0.25, 0.3) is 5.91 Å². The molecule has 0 saturated heterocycles. The van der Waals surface area contributed by atoms with Gasteiger partial charge in [0, 0.05) is 5.69 Å². The first kappa shape index (κ1) is 26.2. The van der Waals surface area contributed by atoms with Crippen LogP contribution in [0.15, 0.2) is 77.4 Å². The molecular formula is C30H31N3O3S. The fourth-order valence-electron chi connectivity index (χ4n) is 4.19. The Balaban J connectivity index is 1.60. The largest absolute Gasteiger partial charge is 0.497 e. The lowest BCUT2D eigenvalue weighted by Crippen LogP contribution is -2.31. The summed E-state index contributed by atoms with van der Waals surface area (Å²) in [6.45, 7) is 8.18. The second-order valence-electron chi connectivity index (χ2n) is 9.26. The number of para-hydroxylation sites is 1. The van der Waals surface area contributed by atoms with E-state index in [0.717, 1.165) is 39.4 Å². The van der Waals surface area contributed by atoms with Gasteiger partial charge in [0.05, 0.1) is 18.6 Å². The molecule has 6 nitrogen and oxygen atoms in total. The highest BCUT2D eigenvalue weighted by molar-refractivity contribution is 8.14. The molecule has 7 heteroatoms. The number of aliphatic imine (C=N–C) groups is 1. The minimum atomic E-state index is -0.228. The number of amidine groups is 1. The number of anilines is 2. The summed E-state index contributed by atoms with van der Waals surface area (Å²) in [6, 6.07) is 21.2. The Hall–Kier alpha value is -3.84. The molecule has 190 valence electrons. The number of hydrogen-bond donors (Lipinski definition) is 1. The first-order valence-electron chi connectivity index (χ1n) is 12.1. The van der Waals surface area contributed by atoms with E-state index in [1.165, 1.54) is 11.8 Å². The van der Waals surface area contributed by atoms with Gasteiger partial charge in [-0.2, -0.15) is 0 Å². The standard InChI is InChI=1S/C30H31N3O3S/c1-19(2)25-8-6-7-9-26(25)31-28(34)18-37-30-32-27(17-22-10-12-24(36-5)13-11-22)29(35)33(30)23-15-20(3)14-21(4)16-23/h6-17,19H,18H2,1-5H3,(H,31,34)/b27-17+. The molecule has 0 bridgehead atoms. The molecule has 0 unspecified atom stereocenters. The van der Waals surface area contributed by atoms with Gasteiger partial charge in [-0.15, -0.1) is 0 Å². The second kappa shape index (κ2) is 11.5. The van der Waals surface area contributed by atoms with E-state index in [1.807, 2.05) is 74.5 Å². The monoisotopic (exact) mass is 513 g/mol. The molecule has 4 rings (SSSR count). The Labute approximate surface area is 222 Å². The van der Waals surface area contributed by atoms with Gasteiger partial charge in [-0.1, -0.05) is 62.0 Å². The second-order valence-corrected chi connectivity index (χ2v) is 10.2. The van der Waals surface area contributed by atoms with Crippen LogP contribution in [-0.2, 0) is 9.59 Å². The highest BCUT2D eigenvalue weighted by Gasteiger charge is 2.32. The van der Waals surface area contributed by atoms with Crippen molar-refractivity contribution in [1.82, 2.24) is 0 Å². The number of benzene rings is 3. The summed E-state index contributed by atoms with van der Waals surface area (Å²) in [5.74, 6) is 0.763. The van der Waals surface area contributed by atoms with Gasteiger partial charge in [0.2, 0.25) is 5.91 Å². The minimum absolute atomic E-state index is 0.121. The quantitative estimate of drug-likeness (QED) is 0.364. The number of aryl methyl sites for hydroxylation is 2. The van der Waals surface area contributed by atoms with Crippen LogP contribution in [0.1, 0.15) is 42.0 Å². The first-order valence-corrected chi connectivity index (χ1v) is 13.1. The zero-order chi connectivity index (χ0) is 26.5. The van der Waals surface area contributed by atoms with E-state index in [2.05, 4.69) is 30.2 Å². The van der Waals surface area contributed by atoms with Crippen LogP contribution in [0.3, 0.4) is 0 Å². The van der Waals surface area contributed by atoms with E-state index in [0.29, 0.717) is 10.9 Å². The maximum absolute atomic E-state index is 13.5. The third-order valence-corrected chi connectivity index (χ3v) is 6.84. The molecule has 0 spiro atoms. The molecule has 0 aliphatic carbocycles. The van der Waals surface area contributed by atoms with Crippen molar-refractivity contribution in [2.24, 2.45) is 4.99 Å². The van der Waals surface area contributed by atoms with E-state index in [-0.39, 0.29) is 23.5 Å². The lowest BCUT2D eigenvalue weighted by molar-refractivity contribution is -0.114. The Bertz CT molecular complexity index is 1360. The summed E-state index contributed by atoms with van der Waals surface area (Å²) in [7, 11) is 1.61. The molecule has 0 atom stereocenters. The van der Waals surface area contributed by atoms with Gasteiger partial charge in [0.1, 0.15) is 11.4 Å². The number of thioether (sulfide) groups is 1. The number of rotatable bonds is 7. The van der Waals surface area contributed by atoms with Crippen LogP contribution in [0.4, 0.5) is 11.4 Å². The van der Waals surface area contributed by atoms with Crippen LogP contribution in [-0.4, -0.2) is 29.8 Å². The molecule has 2 amide bonds. The van der Waals surface area contributed by atoms with Crippen LogP contribution in [0.25, 0.3) is 6.08 Å². The van der Waals surface area contributed by atoms with Gasteiger partial charge < -0.3 is 10.1 Å². The van der Waals surface area contributed by atoms with Crippen molar-refractivity contribution in [2.75, 3.05) is 23.1 Å². The number of hydrogen-bond acceptors (Lipinski definition) is 5. The topological polar surface area (TPSA) is 71.0 Å². The lowest BCUT2D eigenvalue weighted by Gasteiger charge is -2.19. The van der Waals surface area contributed by atoms with Crippen molar-refractivity contribution in [3.63, 3.8) is 0 Å². The summed E-state index contributed by atoms with van der Waals surface area (Å²) in [5, 5.41) is 3.49. The number of amides is 2. The maximum atomic E-state index is 13.5. The van der Waals surface area contributed by atoms with Crippen molar-refractivity contribution in [2.45, 2.75) is 33.6 Å². The summed E-state index contributed by atoms with van der Waals surface area (Å²) < 4.78 is 5.23. The maximum Gasteiger partial charge on any atom is 0.283 e. The highest BCUT2D eigenvalue weighted by atomic mass is 32.2. The Morgan fingerprint density at radius 1 is 1.05 bits per heavy atom. The number of carbonyl (C=O) groups excluding carboxylic acids is 2. The molecule has 1 N–H and O–H groups in total. The summed E-state index contributed by atoms with van der Waals surface area (Å²) in [4.78, 5) is 32.7. The molecule has 37 heavy (non-hydrogen) atoms. The van der Waals surface area contributed by atoms with Crippen molar-refractivity contribution in [3.8, 4) is 5.75 Å². The third kappa shape index (κ3) is 6.30. The average molecular weight is 514 g/mol. The Morgan fingerprint density at radius 3 is 2.38 bits per heavy atom. The van der Waals surface area contributed by atoms with Crippen LogP contribution >= 0.6 is 11.8 Å². The van der Waals surface area contributed by atoms with E-state index in [1.54, 1.807) is 18.1 Å². The number of ether oxygens (including phenoxy) is 1. The smallest absolute Gasteiger partial charge is 0.283 e. The Morgan fingerprint density at radius 2 is 1.73 bits per heavy atom. The molecule has 3 aromatic carbocycles. The van der Waals surface area contributed by atoms with Crippen molar-refractivity contribution in [3.05, 3.63) is 94.7 Å². The molecular weight excluding hydrogens is 482 g/mol. The van der Waals surface area contributed by atoms with Gasteiger partial charge in [-0.05, 0) is 78.4 Å². The zero-order valence-corrected chi connectivity index (χ0v) is 22.6. The van der Waals surface area contributed by atoms with Crippen LogP contribution in [0.5, 0.6) is 5.75 Å². The van der Waals surface area contributed by atoms with E-state index in [4.69, 9.17) is 4.74 Å². The molecule has 3 aromatic rings. The summed E-state index contributed by atoms with van der Waals surface area (Å²) in [6.07, 6.45) is 1.75. The minimum Gasteiger partial charge on any atom is -0.497 e. The fourth-order valence-corrected chi connectivity index (χ4v) is 5.00. The number of nitrogens with zero attached hydrogens (tertiary/aromatic N) is 2. The van der Waals surface area contributed by atoms with Gasteiger partial charge in [-0.3, -0.25) is 14.5 Å². The van der Waals surface area contributed by atoms with E-state index in [9.17, 15) is 9.59 Å². The fraction of sp³-hybridized carbons (Fsp3) is 0.233. The highest BCUT2D eigenvalue weighted by Crippen LogP contribution is 2.31. The number of nitrogens with one attached hydrogen (secondary N) is 1. The molecule has 1 aliphatic rings. The first-order chi connectivity index (χ1) is 17.7. The lowest BCUT2D eigenvalue weighted by atomic mass is 10.0. The van der Waals surface area contributed by atoms with Gasteiger partial charge in [0.15, 0.2) is 5.17 Å². The van der Waals surface area contributed by atoms with Crippen LogP contribution < -0.4 is 15.0 Å². The van der Waals surface area contributed by atoms with Crippen molar-refractivity contribution in [1.29, 1.82) is 0 Å². The molecule has 1 heterocycles. The average Bonchev–Trinajstić information content (AvgIpc) is 3.17. The predicted octanol–water partition coefficient (Wildman–Crippen LogP) is 6.55. The predicted molar refractivity (Wildman–Crippen MR) is 153 cm³/mol. The van der Waals surface area contributed by atoms with E-state index >= 15 is 0 Å². The van der Waals surface area contributed by atoms with Crippen molar-refractivity contribution < 1.29 is 14.3 Å². The zero-order valence-electron chi connectivity index (χ0n) is 21.7. The van der Waals surface area contributed by atoms with Crippen LogP contribution in [0.2, 0.25) is 0 Å². The van der Waals surface area contributed by atoms with E-state index < -0.39 is 0 Å². The number of methoxy groups -OCH3 is 1.